The molecule has 0 bridgehead atoms. The third-order valence-corrected chi connectivity index (χ3v) is 4.17. The molecule has 0 atom stereocenters. The Bertz CT molecular complexity index is 863. The number of H-pyrrole nitrogens is 1. The standard InChI is InChI=1S/C15H11ClIN3O/c16-9-5-6-13(11(17)7-9)18-8-14-19-12-4-2-1-3-10(12)15(21)20-14/h1-7,18H,8H2,(H,19,20,21). The van der Waals surface area contributed by atoms with Gasteiger partial charge >= 0.3 is 0 Å². The Kier molecular flexibility index (Phi) is 4.12. The molecule has 3 aromatic rings. The molecule has 1 aromatic heterocycles. The molecule has 0 amide bonds. The highest BCUT2D eigenvalue weighted by atomic mass is 127. The van der Waals surface area contributed by atoms with E-state index >= 15 is 0 Å². The summed E-state index contributed by atoms with van der Waals surface area (Å²) in [5, 5.41) is 4.55. The van der Waals surface area contributed by atoms with Crippen LogP contribution in [-0.4, -0.2) is 9.97 Å². The first-order valence-electron chi connectivity index (χ1n) is 6.30. The Morgan fingerprint density at radius 3 is 2.86 bits per heavy atom. The summed E-state index contributed by atoms with van der Waals surface area (Å²) in [6.45, 7) is 0.442. The molecule has 106 valence electrons. The van der Waals surface area contributed by atoms with E-state index in [2.05, 4.69) is 37.9 Å². The van der Waals surface area contributed by atoms with Gasteiger partial charge in [0.25, 0.3) is 5.56 Å². The molecule has 2 N–H and O–H groups in total. The lowest BCUT2D eigenvalue weighted by Gasteiger charge is -2.09. The monoisotopic (exact) mass is 411 g/mol. The minimum Gasteiger partial charge on any atom is -0.377 e. The van der Waals surface area contributed by atoms with Gasteiger partial charge in [-0.15, -0.1) is 0 Å². The van der Waals surface area contributed by atoms with Crippen molar-refractivity contribution in [3.63, 3.8) is 0 Å². The van der Waals surface area contributed by atoms with E-state index < -0.39 is 0 Å². The topological polar surface area (TPSA) is 57.8 Å². The van der Waals surface area contributed by atoms with Gasteiger partial charge in [-0.1, -0.05) is 23.7 Å². The van der Waals surface area contributed by atoms with Crippen molar-refractivity contribution in [2.24, 2.45) is 0 Å². The van der Waals surface area contributed by atoms with Crippen molar-refractivity contribution in [1.82, 2.24) is 9.97 Å². The summed E-state index contributed by atoms with van der Waals surface area (Å²) >= 11 is 8.14. The molecule has 0 spiro atoms. The van der Waals surface area contributed by atoms with Crippen LogP contribution >= 0.6 is 34.2 Å². The van der Waals surface area contributed by atoms with Gasteiger partial charge in [-0.25, -0.2) is 4.98 Å². The van der Waals surface area contributed by atoms with Gasteiger partial charge in [-0.05, 0) is 52.9 Å². The van der Waals surface area contributed by atoms with Gasteiger partial charge in [-0.3, -0.25) is 4.79 Å². The van der Waals surface area contributed by atoms with E-state index in [4.69, 9.17) is 11.6 Å². The summed E-state index contributed by atoms with van der Waals surface area (Å²) in [4.78, 5) is 19.2. The summed E-state index contributed by atoms with van der Waals surface area (Å²) in [7, 11) is 0. The normalized spacial score (nSPS) is 10.8. The second-order valence-corrected chi connectivity index (χ2v) is 6.11. The van der Waals surface area contributed by atoms with Crippen LogP contribution in [0.5, 0.6) is 0 Å². The number of nitrogens with one attached hydrogen (secondary N) is 2. The number of halogens is 2. The lowest BCUT2D eigenvalue weighted by molar-refractivity contribution is 0.952. The summed E-state index contributed by atoms with van der Waals surface area (Å²) in [6, 6.07) is 12.9. The number of aromatic amines is 1. The molecule has 0 aliphatic carbocycles. The van der Waals surface area contributed by atoms with Gasteiger partial charge < -0.3 is 10.3 Å². The molecular weight excluding hydrogens is 401 g/mol. The van der Waals surface area contributed by atoms with Crippen LogP contribution in [0.3, 0.4) is 0 Å². The van der Waals surface area contributed by atoms with E-state index in [9.17, 15) is 4.79 Å². The number of fused-ring (bicyclic) bond motifs is 1. The molecule has 0 aliphatic rings. The molecule has 0 radical (unpaired) electrons. The van der Waals surface area contributed by atoms with Gasteiger partial charge in [-0.2, -0.15) is 0 Å². The predicted octanol–water partition coefficient (Wildman–Crippen LogP) is 3.79. The second-order valence-electron chi connectivity index (χ2n) is 4.51. The van der Waals surface area contributed by atoms with Crippen LogP contribution in [0.15, 0.2) is 47.3 Å². The maximum atomic E-state index is 12.0. The van der Waals surface area contributed by atoms with Crippen molar-refractivity contribution < 1.29 is 0 Å². The van der Waals surface area contributed by atoms with Crippen molar-refractivity contribution in [1.29, 1.82) is 0 Å². The number of rotatable bonds is 3. The van der Waals surface area contributed by atoms with Crippen molar-refractivity contribution >= 4 is 50.8 Å². The largest absolute Gasteiger partial charge is 0.377 e. The van der Waals surface area contributed by atoms with Crippen LogP contribution in [0.2, 0.25) is 5.02 Å². The highest BCUT2D eigenvalue weighted by Gasteiger charge is 2.04. The lowest BCUT2D eigenvalue weighted by Crippen LogP contribution is -2.14. The van der Waals surface area contributed by atoms with E-state index in [0.29, 0.717) is 28.3 Å². The van der Waals surface area contributed by atoms with Crippen molar-refractivity contribution in [2.75, 3.05) is 5.32 Å². The first-order chi connectivity index (χ1) is 10.1. The number of anilines is 1. The Morgan fingerprint density at radius 1 is 1.24 bits per heavy atom. The third-order valence-electron chi connectivity index (χ3n) is 3.04. The average molecular weight is 412 g/mol. The highest BCUT2D eigenvalue weighted by molar-refractivity contribution is 14.1. The fourth-order valence-electron chi connectivity index (χ4n) is 2.03. The zero-order valence-electron chi connectivity index (χ0n) is 10.9. The molecule has 6 heteroatoms. The number of aromatic nitrogens is 2. The number of nitrogens with zero attached hydrogens (tertiary/aromatic N) is 1. The van der Waals surface area contributed by atoms with E-state index in [1.165, 1.54) is 0 Å². The molecule has 1 heterocycles. The smallest absolute Gasteiger partial charge is 0.258 e. The minimum atomic E-state index is -0.122. The quantitative estimate of drug-likeness (QED) is 0.645. The number of hydrogen-bond acceptors (Lipinski definition) is 3. The fourth-order valence-corrected chi connectivity index (χ4v) is 3.09. The second kappa shape index (κ2) is 6.03. The molecule has 4 nitrogen and oxygen atoms in total. The van der Waals surface area contributed by atoms with E-state index in [1.54, 1.807) is 6.07 Å². The Balaban J connectivity index is 1.87. The summed E-state index contributed by atoms with van der Waals surface area (Å²) in [5.74, 6) is 0.601. The first-order valence-corrected chi connectivity index (χ1v) is 7.76. The van der Waals surface area contributed by atoms with Crippen LogP contribution in [0.25, 0.3) is 10.9 Å². The summed E-state index contributed by atoms with van der Waals surface area (Å²) in [5.41, 5.74) is 1.53. The SMILES string of the molecule is O=c1[nH]c(CNc2ccc(Cl)cc2I)nc2ccccc12. The molecule has 21 heavy (non-hydrogen) atoms. The van der Waals surface area contributed by atoms with Crippen LogP contribution in [0, 0.1) is 3.57 Å². The molecule has 0 fully saturated rings. The molecule has 0 aliphatic heterocycles. The first kappa shape index (κ1) is 14.3. The molecule has 3 rings (SSSR count). The van der Waals surface area contributed by atoms with Gasteiger partial charge in [0.1, 0.15) is 5.82 Å². The van der Waals surface area contributed by atoms with E-state index in [1.807, 2.05) is 36.4 Å². The fraction of sp³-hybridized carbons (Fsp3) is 0.0667. The van der Waals surface area contributed by atoms with Crippen LogP contribution < -0.4 is 10.9 Å². The zero-order valence-corrected chi connectivity index (χ0v) is 13.8. The van der Waals surface area contributed by atoms with Crippen molar-refractivity contribution in [3.05, 3.63) is 67.2 Å². The van der Waals surface area contributed by atoms with Crippen molar-refractivity contribution in [3.8, 4) is 0 Å². The number of para-hydroxylation sites is 1. The summed E-state index contributed by atoms with van der Waals surface area (Å²) in [6.07, 6.45) is 0. The molecular formula is C15H11ClIN3O. The van der Waals surface area contributed by atoms with E-state index in [-0.39, 0.29) is 5.56 Å². The van der Waals surface area contributed by atoms with Crippen LogP contribution in [0.4, 0.5) is 5.69 Å². The predicted molar refractivity (Wildman–Crippen MR) is 93.9 cm³/mol. The number of hydrogen-bond donors (Lipinski definition) is 2. The molecule has 0 unspecified atom stereocenters. The Morgan fingerprint density at radius 2 is 2.05 bits per heavy atom. The van der Waals surface area contributed by atoms with Crippen LogP contribution in [0.1, 0.15) is 5.82 Å². The zero-order chi connectivity index (χ0) is 14.8. The number of benzene rings is 2. The lowest BCUT2D eigenvalue weighted by atomic mass is 10.2. The maximum absolute atomic E-state index is 12.0. The molecule has 0 saturated carbocycles. The Labute approximate surface area is 139 Å². The van der Waals surface area contributed by atoms with Gasteiger partial charge in [0.2, 0.25) is 0 Å². The summed E-state index contributed by atoms with van der Waals surface area (Å²) < 4.78 is 1.02. The van der Waals surface area contributed by atoms with Crippen molar-refractivity contribution in [2.45, 2.75) is 6.54 Å². The highest BCUT2D eigenvalue weighted by Crippen LogP contribution is 2.22. The van der Waals surface area contributed by atoms with E-state index in [0.717, 1.165) is 9.26 Å². The maximum Gasteiger partial charge on any atom is 0.258 e. The third kappa shape index (κ3) is 3.19. The van der Waals surface area contributed by atoms with Gasteiger partial charge in [0, 0.05) is 14.3 Å². The molecule has 2 aromatic carbocycles. The van der Waals surface area contributed by atoms with Crippen LogP contribution in [-0.2, 0) is 6.54 Å². The van der Waals surface area contributed by atoms with Gasteiger partial charge in [0.15, 0.2) is 0 Å². The van der Waals surface area contributed by atoms with Gasteiger partial charge in [0.05, 0.1) is 17.4 Å². The Hall–Kier alpha value is -1.60. The average Bonchev–Trinajstić information content (AvgIpc) is 2.46. The minimum absolute atomic E-state index is 0.122. The molecule has 0 saturated heterocycles.